The van der Waals surface area contributed by atoms with E-state index in [0.717, 1.165) is 39.8 Å². The van der Waals surface area contributed by atoms with E-state index in [1.165, 1.54) is 5.39 Å². The SMILES string of the molecule is COc1ccc(Cl)cc1-c1ccc([C@@H]2Nc3ccc4ccccc4c3C3=C2C(=O)CC(C)(C)C3)o1. The molecule has 1 N–H and O–H groups in total. The number of methoxy groups -OCH3 is 1. The summed E-state index contributed by atoms with van der Waals surface area (Å²) in [6.07, 6.45) is 1.35. The molecule has 3 aromatic carbocycles. The van der Waals surface area contributed by atoms with Crippen molar-refractivity contribution in [3.8, 4) is 17.1 Å². The summed E-state index contributed by atoms with van der Waals surface area (Å²) in [7, 11) is 1.63. The molecule has 0 saturated carbocycles. The normalized spacial score (nSPS) is 18.7. The fourth-order valence-electron chi connectivity index (χ4n) is 5.58. The Hall–Kier alpha value is -3.50. The largest absolute Gasteiger partial charge is 0.496 e. The second kappa shape index (κ2) is 8.03. The van der Waals surface area contributed by atoms with Gasteiger partial charge in [0.15, 0.2) is 5.78 Å². The van der Waals surface area contributed by atoms with E-state index in [1.54, 1.807) is 13.2 Å². The van der Waals surface area contributed by atoms with Crippen LogP contribution in [0.15, 0.2) is 76.7 Å². The number of carbonyl (C=O) groups excluding carboxylic acids is 1. The quantitative estimate of drug-likeness (QED) is 0.320. The highest BCUT2D eigenvalue weighted by molar-refractivity contribution is 6.31. The van der Waals surface area contributed by atoms with E-state index < -0.39 is 0 Å². The van der Waals surface area contributed by atoms with Gasteiger partial charge in [-0.2, -0.15) is 0 Å². The molecule has 1 aliphatic heterocycles. The van der Waals surface area contributed by atoms with Crippen molar-refractivity contribution in [2.75, 3.05) is 12.4 Å². The van der Waals surface area contributed by atoms with Crippen molar-refractivity contribution >= 4 is 39.4 Å². The first-order chi connectivity index (χ1) is 16.8. The van der Waals surface area contributed by atoms with Crippen molar-refractivity contribution in [1.29, 1.82) is 0 Å². The van der Waals surface area contributed by atoms with E-state index in [9.17, 15) is 4.79 Å². The lowest BCUT2D eigenvalue weighted by atomic mass is 9.68. The Bertz CT molecular complexity index is 1530. The molecular formula is C30H26ClNO3. The summed E-state index contributed by atoms with van der Waals surface area (Å²) < 4.78 is 11.9. The average Bonchev–Trinajstić information content (AvgIpc) is 3.32. The van der Waals surface area contributed by atoms with Gasteiger partial charge in [0.25, 0.3) is 0 Å². The van der Waals surface area contributed by atoms with E-state index in [1.807, 2.05) is 30.3 Å². The van der Waals surface area contributed by atoms with Gasteiger partial charge in [-0.1, -0.05) is 55.8 Å². The summed E-state index contributed by atoms with van der Waals surface area (Å²) in [5, 5.41) is 6.57. The first-order valence-electron chi connectivity index (χ1n) is 11.8. The maximum Gasteiger partial charge on any atom is 0.162 e. The number of furan rings is 1. The van der Waals surface area contributed by atoms with Gasteiger partial charge in [-0.05, 0) is 64.6 Å². The molecule has 4 nitrogen and oxygen atoms in total. The van der Waals surface area contributed by atoms with Crippen molar-refractivity contribution in [2.45, 2.75) is 32.7 Å². The van der Waals surface area contributed by atoms with Crippen LogP contribution in [0.4, 0.5) is 5.69 Å². The van der Waals surface area contributed by atoms with Crippen molar-refractivity contribution < 1.29 is 13.9 Å². The van der Waals surface area contributed by atoms with E-state index in [2.05, 4.69) is 49.5 Å². The molecule has 1 aliphatic carbocycles. The third-order valence-corrected chi connectivity index (χ3v) is 7.31. The van der Waals surface area contributed by atoms with Crippen LogP contribution < -0.4 is 10.1 Å². The van der Waals surface area contributed by atoms with Gasteiger partial charge in [-0.3, -0.25) is 4.79 Å². The summed E-state index contributed by atoms with van der Waals surface area (Å²) in [4.78, 5) is 13.6. The summed E-state index contributed by atoms with van der Waals surface area (Å²) in [5.74, 6) is 2.20. The average molecular weight is 484 g/mol. The number of hydrogen-bond acceptors (Lipinski definition) is 4. The number of nitrogens with one attached hydrogen (secondary N) is 1. The van der Waals surface area contributed by atoms with Gasteiger partial charge in [0.1, 0.15) is 23.3 Å². The van der Waals surface area contributed by atoms with Crippen LogP contribution in [-0.2, 0) is 4.79 Å². The third kappa shape index (κ3) is 3.64. The molecule has 6 rings (SSSR count). The van der Waals surface area contributed by atoms with Gasteiger partial charge < -0.3 is 14.5 Å². The number of ketones is 1. The van der Waals surface area contributed by atoms with Crippen LogP contribution in [-0.4, -0.2) is 12.9 Å². The zero-order valence-electron chi connectivity index (χ0n) is 19.9. The molecule has 0 fully saturated rings. The van der Waals surface area contributed by atoms with Crippen molar-refractivity contribution in [3.05, 3.63) is 88.6 Å². The molecule has 0 amide bonds. The Kier molecular flexibility index (Phi) is 5.05. The minimum Gasteiger partial charge on any atom is -0.496 e. The molecule has 1 atom stereocenters. The van der Waals surface area contributed by atoms with Crippen LogP contribution in [0.5, 0.6) is 5.75 Å². The number of Topliss-reactive ketones (excluding diaryl/α,β-unsaturated/α-hetero) is 1. The van der Waals surface area contributed by atoms with Gasteiger partial charge in [0.2, 0.25) is 0 Å². The minimum atomic E-state index is -0.360. The summed E-state index contributed by atoms with van der Waals surface area (Å²) in [6, 6.07) is 21.6. The van der Waals surface area contributed by atoms with Crippen LogP contribution in [0.3, 0.4) is 0 Å². The van der Waals surface area contributed by atoms with Crippen molar-refractivity contribution in [1.82, 2.24) is 0 Å². The number of halogens is 1. The predicted octanol–water partition coefficient (Wildman–Crippen LogP) is 8.07. The highest BCUT2D eigenvalue weighted by atomic mass is 35.5. The number of ether oxygens (including phenoxy) is 1. The molecule has 1 aromatic heterocycles. The van der Waals surface area contributed by atoms with E-state index >= 15 is 0 Å². The Morgan fingerprint density at radius 3 is 2.69 bits per heavy atom. The Morgan fingerprint density at radius 1 is 1.03 bits per heavy atom. The lowest BCUT2D eigenvalue weighted by molar-refractivity contribution is -0.118. The van der Waals surface area contributed by atoms with E-state index in [4.69, 9.17) is 20.8 Å². The minimum absolute atomic E-state index is 0.103. The molecule has 5 heteroatoms. The van der Waals surface area contributed by atoms with Crippen molar-refractivity contribution in [2.24, 2.45) is 5.41 Å². The van der Waals surface area contributed by atoms with E-state index in [0.29, 0.717) is 28.7 Å². The predicted molar refractivity (Wildman–Crippen MR) is 141 cm³/mol. The number of fused-ring (bicyclic) bond motifs is 4. The van der Waals surface area contributed by atoms with Crippen LogP contribution in [0.2, 0.25) is 5.02 Å². The zero-order valence-corrected chi connectivity index (χ0v) is 20.7. The maximum atomic E-state index is 13.6. The van der Waals surface area contributed by atoms with Crippen LogP contribution in [0, 0.1) is 5.41 Å². The number of hydrogen-bond donors (Lipinski definition) is 1. The van der Waals surface area contributed by atoms with Gasteiger partial charge in [0, 0.05) is 28.3 Å². The number of rotatable bonds is 3. The van der Waals surface area contributed by atoms with E-state index in [-0.39, 0.29) is 17.2 Å². The Morgan fingerprint density at radius 2 is 1.86 bits per heavy atom. The number of allylic oxidation sites excluding steroid dienone is 1. The van der Waals surface area contributed by atoms with Gasteiger partial charge in [-0.25, -0.2) is 0 Å². The Balaban J connectivity index is 1.53. The Labute approximate surface area is 209 Å². The molecular weight excluding hydrogens is 458 g/mol. The lowest BCUT2D eigenvalue weighted by Gasteiger charge is -2.39. The molecule has 35 heavy (non-hydrogen) atoms. The van der Waals surface area contributed by atoms with Gasteiger partial charge in [-0.15, -0.1) is 0 Å². The summed E-state index contributed by atoms with van der Waals surface area (Å²) >= 11 is 6.26. The molecule has 0 spiro atoms. The number of carbonyl (C=O) groups is 1. The topological polar surface area (TPSA) is 51.5 Å². The van der Waals surface area contributed by atoms with Gasteiger partial charge in [0.05, 0.1) is 12.7 Å². The maximum absolute atomic E-state index is 13.6. The van der Waals surface area contributed by atoms with Crippen LogP contribution in [0.1, 0.15) is 44.1 Å². The second-order valence-electron chi connectivity index (χ2n) is 10.2. The monoisotopic (exact) mass is 483 g/mol. The molecule has 176 valence electrons. The molecule has 2 heterocycles. The zero-order chi connectivity index (χ0) is 24.3. The summed E-state index contributed by atoms with van der Waals surface area (Å²) in [6.45, 7) is 4.35. The fraction of sp³-hybridized carbons (Fsp3) is 0.233. The third-order valence-electron chi connectivity index (χ3n) is 7.08. The first-order valence-corrected chi connectivity index (χ1v) is 12.2. The van der Waals surface area contributed by atoms with Gasteiger partial charge >= 0.3 is 0 Å². The standard InChI is InChI=1S/C30H26ClNO3/c1-30(2)15-21-27-19-7-5-4-6-17(19)8-10-22(27)32-29(28(21)23(33)16-30)26-13-12-25(35-26)20-14-18(31)9-11-24(20)34-3/h4-14,29,32H,15-16H2,1-3H3/t29-/m0/s1. The highest BCUT2D eigenvalue weighted by Gasteiger charge is 2.41. The molecule has 0 unspecified atom stereocenters. The molecule has 2 aliphatic rings. The second-order valence-corrected chi connectivity index (χ2v) is 10.6. The molecule has 0 radical (unpaired) electrons. The first kappa shape index (κ1) is 22.0. The molecule has 4 aromatic rings. The van der Waals surface area contributed by atoms with Crippen LogP contribution in [0.25, 0.3) is 27.7 Å². The summed E-state index contributed by atoms with van der Waals surface area (Å²) in [5.41, 5.74) is 4.77. The molecule has 0 bridgehead atoms. The van der Waals surface area contributed by atoms with Crippen LogP contribution >= 0.6 is 11.6 Å². The number of anilines is 1. The lowest BCUT2D eigenvalue weighted by Crippen LogP contribution is -2.33. The highest BCUT2D eigenvalue weighted by Crippen LogP contribution is 2.52. The van der Waals surface area contributed by atoms with Crippen molar-refractivity contribution in [3.63, 3.8) is 0 Å². The molecule has 0 saturated heterocycles. The smallest absolute Gasteiger partial charge is 0.162 e. The fourth-order valence-corrected chi connectivity index (χ4v) is 5.75. The number of benzene rings is 3.